The molecule has 0 atom stereocenters. The third-order valence-electron chi connectivity index (χ3n) is 6.78. The van der Waals surface area contributed by atoms with Crippen LogP contribution in [0.15, 0.2) is 84.9 Å². The second kappa shape index (κ2) is 15.0. The van der Waals surface area contributed by atoms with Gasteiger partial charge >= 0.3 is 11.9 Å². The molecule has 0 aliphatic heterocycles. The van der Waals surface area contributed by atoms with E-state index >= 15 is 0 Å². The van der Waals surface area contributed by atoms with Crippen molar-refractivity contribution in [3.8, 4) is 45.9 Å². The lowest BCUT2D eigenvalue weighted by Crippen LogP contribution is -2.08. The first kappa shape index (κ1) is 30.6. The highest BCUT2D eigenvalue weighted by atomic mass is 19.1. The third-order valence-corrected chi connectivity index (χ3v) is 6.78. The summed E-state index contributed by atoms with van der Waals surface area (Å²) < 4.78 is 38.5. The molecule has 0 saturated carbocycles. The minimum absolute atomic E-state index is 0.0160. The van der Waals surface area contributed by atoms with E-state index in [0.29, 0.717) is 35.5 Å². The van der Waals surface area contributed by atoms with Gasteiger partial charge in [0.15, 0.2) is 0 Å². The zero-order valence-corrected chi connectivity index (χ0v) is 23.3. The van der Waals surface area contributed by atoms with Gasteiger partial charge in [0.25, 0.3) is 0 Å². The van der Waals surface area contributed by atoms with Gasteiger partial charge < -0.3 is 9.47 Å². The van der Waals surface area contributed by atoms with Gasteiger partial charge in [0.2, 0.25) is 0 Å². The molecular formula is C35H28F2N2O4. The van der Waals surface area contributed by atoms with E-state index in [1.807, 2.05) is 0 Å². The van der Waals surface area contributed by atoms with Crippen molar-refractivity contribution in [2.75, 3.05) is 0 Å². The average Bonchev–Trinajstić information content (AvgIpc) is 3.01. The number of ether oxygens (including phenoxy) is 2. The fraction of sp³-hybridized carbons (Fsp3) is 0.200. The molecule has 0 radical (unpaired) electrons. The summed E-state index contributed by atoms with van der Waals surface area (Å²) in [5.41, 5.74) is 2.69. The van der Waals surface area contributed by atoms with Crippen molar-refractivity contribution in [2.45, 2.75) is 44.9 Å². The van der Waals surface area contributed by atoms with Crippen molar-refractivity contribution in [3.05, 3.63) is 108 Å². The smallest absolute Gasteiger partial charge is 0.311 e. The molecule has 4 aromatic carbocycles. The van der Waals surface area contributed by atoms with E-state index in [1.165, 1.54) is 24.3 Å². The molecule has 0 aromatic heterocycles. The molecule has 0 spiro atoms. The van der Waals surface area contributed by atoms with Gasteiger partial charge in [-0.1, -0.05) is 55.7 Å². The molecule has 6 nitrogen and oxygen atoms in total. The predicted molar refractivity (Wildman–Crippen MR) is 157 cm³/mol. The highest BCUT2D eigenvalue weighted by molar-refractivity contribution is 5.74. The van der Waals surface area contributed by atoms with Crippen LogP contribution in [0.1, 0.15) is 56.1 Å². The van der Waals surface area contributed by atoms with Crippen molar-refractivity contribution >= 4 is 11.9 Å². The van der Waals surface area contributed by atoms with Crippen molar-refractivity contribution in [1.29, 1.82) is 10.5 Å². The number of esters is 2. The zero-order valence-electron chi connectivity index (χ0n) is 23.3. The van der Waals surface area contributed by atoms with E-state index in [9.17, 15) is 18.4 Å². The lowest BCUT2D eigenvalue weighted by molar-refractivity contribution is -0.135. The molecule has 0 N–H and O–H groups in total. The zero-order chi connectivity index (χ0) is 30.6. The van der Waals surface area contributed by atoms with Crippen LogP contribution in [0.2, 0.25) is 0 Å². The molecule has 0 aliphatic carbocycles. The quantitative estimate of drug-likeness (QED) is 0.0953. The minimum Gasteiger partial charge on any atom is -0.427 e. The number of nitrogens with zero attached hydrogens (tertiary/aromatic N) is 2. The van der Waals surface area contributed by atoms with E-state index in [2.05, 4.69) is 0 Å². The Labute approximate surface area is 248 Å². The van der Waals surface area contributed by atoms with Crippen LogP contribution in [0.25, 0.3) is 22.3 Å². The van der Waals surface area contributed by atoms with E-state index in [1.54, 1.807) is 72.8 Å². The molecule has 43 heavy (non-hydrogen) atoms. The van der Waals surface area contributed by atoms with Crippen LogP contribution in [0.3, 0.4) is 0 Å². The van der Waals surface area contributed by atoms with Crippen LogP contribution in [0, 0.1) is 34.3 Å². The van der Waals surface area contributed by atoms with E-state index in [0.717, 1.165) is 30.4 Å². The molecule has 4 rings (SSSR count). The fourth-order valence-electron chi connectivity index (χ4n) is 4.44. The summed E-state index contributed by atoms with van der Waals surface area (Å²) >= 11 is 0. The molecular weight excluding hydrogens is 550 g/mol. The highest BCUT2D eigenvalue weighted by Gasteiger charge is 2.10. The normalized spacial score (nSPS) is 10.4. The summed E-state index contributed by atoms with van der Waals surface area (Å²) in [5, 5.41) is 17.7. The maximum atomic E-state index is 13.9. The van der Waals surface area contributed by atoms with Crippen molar-refractivity contribution in [3.63, 3.8) is 0 Å². The number of carbonyl (C=O) groups is 2. The van der Waals surface area contributed by atoms with Crippen LogP contribution in [-0.2, 0) is 9.59 Å². The summed E-state index contributed by atoms with van der Waals surface area (Å²) in [6, 6.07) is 25.8. The minimum atomic E-state index is -0.584. The molecule has 0 unspecified atom stereocenters. The van der Waals surface area contributed by atoms with Crippen LogP contribution in [-0.4, -0.2) is 11.9 Å². The average molecular weight is 579 g/mol. The molecule has 8 heteroatoms. The number of nitriles is 2. The van der Waals surface area contributed by atoms with Gasteiger partial charge in [0.05, 0.1) is 11.1 Å². The second-order valence-electron chi connectivity index (χ2n) is 9.88. The van der Waals surface area contributed by atoms with Gasteiger partial charge in [-0.2, -0.15) is 10.5 Å². The standard InChI is InChI=1S/C35H28F2N2O4/c36-32-20-26(8-10-28(32)22-38)24-12-16-30(17-13-24)42-34(40)6-4-2-1-3-5-7-35(41)43-31-18-14-25(15-19-31)27-9-11-29(23-39)33(37)21-27/h8-21H,1-7H2. The molecule has 0 saturated heterocycles. The van der Waals surface area contributed by atoms with Crippen molar-refractivity contribution < 1.29 is 27.8 Å². The number of halogens is 2. The van der Waals surface area contributed by atoms with Gasteiger partial charge in [-0.3, -0.25) is 9.59 Å². The fourth-order valence-corrected chi connectivity index (χ4v) is 4.44. The first-order valence-corrected chi connectivity index (χ1v) is 13.9. The Balaban J connectivity index is 1.09. The molecule has 0 aliphatic rings. The van der Waals surface area contributed by atoms with Gasteiger partial charge in [-0.15, -0.1) is 0 Å². The van der Waals surface area contributed by atoms with Gasteiger partial charge in [-0.05, 0) is 83.6 Å². The Hall–Kier alpha value is -5.34. The Morgan fingerprint density at radius 1 is 0.535 bits per heavy atom. The van der Waals surface area contributed by atoms with E-state index in [-0.39, 0.29) is 35.9 Å². The monoisotopic (exact) mass is 578 g/mol. The van der Waals surface area contributed by atoms with Gasteiger partial charge in [-0.25, -0.2) is 8.78 Å². The summed E-state index contributed by atoms with van der Waals surface area (Å²) in [5.74, 6) is -1.04. The van der Waals surface area contributed by atoms with E-state index in [4.69, 9.17) is 20.0 Å². The number of benzene rings is 4. The Kier molecular flexibility index (Phi) is 10.7. The first-order chi connectivity index (χ1) is 20.9. The maximum Gasteiger partial charge on any atom is 0.311 e. The number of unbranched alkanes of at least 4 members (excludes halogenated alkanes) is 4. The predicted octanol–water partition coefficient (Wildman–Crippen LogP) is 8.28. The van der Waals surface area contributed by atoms with Crippen LogP contribution >= 0.6 is 0 Å². The van der Waals surface area contributed by atoms with Gasteiger partial charge in [0.1, 0.15) is 35.3 Å². The number of carbonyl (C=O) groups excluding carboxylic acids is 2. The second-order valence-corrected chi connectivity index (χ2v) is 9.88. The summed E-state index contributed by atoms with van der Waals surface area (Å²) in [4.78, 5) is 24.4. The topological polar surface area (TPSA) is 100 Å². The highest BCUT2D eigenvalue weighted by Crippen LogP contribution is 2.26. The number of rotatable bonds is 12. The Bertz CT molecular complexity index is 1550. The summed E-state index contributed by atoms with van der Waals surface area (Å²) in [7, 11) is 0. The Morgan fingerprint density at radius 2 is 0.884 bits per heavy atom. The number of hydrogen-bond acceptors (Lipinski definition) is 6. The van der Waals surface area contributed by atoms with Crippen LogP contribution in [0.5, 0.6) is 11.5 Å². The number of hydrogen-bond donors (Lipinski definition) is 0. The van der Waals surface area contributed by atoms with Crippen molar-refractivity contribution in [1.82, 2.24) is 0 Å². The molecule has 4 aromatic rings. The molecule has 0 bridgehead atoms. The SMILES string of the molecule is N#Cc1ccc(-c2ccc(OC(=O)CCCCCCCC(=O)Oc3ccc(-c4ccc(C#N)c(F)c4)cc3)cc2)cc1F. The molecule has 216 valence electrons. The molecule has 0 heterocycles. The molecule has 0 amide bonds. The Morgan fingerprint density at radius 3 is 1.23 bits per heavy atom. The maximum absolute atomic E-state index is 13.9. The first-order valence-electron chi connectivity index (χ1n) is 13.9. The lowest BCUT2D eigenvalue weighted by atomic mass is 10.0. The van der Waals surface area contributed by atoms with Gasteiger partial charge in [0, 0.05) is 12.8 Å². The molecule has 0 fully saturated rings. The van der Waals surface area contributed by atoms with Crippen LogP contribution < -0.4 is 9.47 Å². The third kappa shape index (κ3) is 8.82. The lowest BCUT2D eigenvalue weighted by Gasteiger charge is -2.07. The van der Waals surface area contributed by atoms with E-state index < -0.39 is 11.6 Å². The van der Waals surface area contributed by atoms with Crippen LogP contribution in [0.4, 0.5) is 8.78 Å². The van der Waals surface area contributed by atoms with Crippen molar-refractivity contribution in [2.24, 2.45) is 0 Å². The summed E-state index contributed by atoms with van der Waals surface area (Å²) in [6.45, 7) is 0. The largest absolute Gasteiger partial charge is 0.427 e. The summed E-state index contributed by atoms with van der Waals surface area (Å²) in [6.07, 6.45) is 4.40.